The largest absolute Gasteiger partial charge is 0.497 e. The molecule has 1 fully saturated rings. The number of anilines is 1. The molecular formula is C25H22ClNO5. The third kappa shape index (κ3) is 3.18. The Balaban J connectivity index is 1.73. The van der Waals surface area contributed by atoms with Crippen LogP contribution in [0.25, 0.3) is 0 Å². The van der Waals surface area contributed by atoms with Crippen LogP contribution in [0.4, 0.5) is 5.69 Å². The van der Waals surface area contributed by atoms with Crippen LogP contribution in [0.1, 0.15) is 24.3 Å². The van der Waals surface area contributed by atoms with Crippen molar-refractivity contribution in [1.29, 1.82) is 0 Å². The molecule has 2 bridgehead atoms. The molecule has 2 heterocycles. The van der Waals surface area contributed by atoms with E-state index in [0.717, 1.165) is 11.3 Å². The fraction of sp³-hybridized carbons (Fsp3) is 0.240. The number of para-hydroxylation sites is 1. The van der Waals surface area contributed by atoms with E-state index in [4.69, 9.17) is 30.5 Å². The monoisotopic (exact) mass is 451 g/mol. The number of hydrogen-bond donors (Lipinski definition) is 0. The number of carbonyl (C=O) groups is 1. The Labute approximate surface area is 191 Å². The van der Waals surface area contributed by atoms with Crippen LogP contribution in [0.3, 0.4) is 0 Å². The van der Waals surface area contributed by atoms with Crippen LogP contribution in [0.2, 0.25) is 5.02 Å². The SMILES string of the molecule is CCOC(=O)[C@@H]1N(c2ccc(Cl)cc2)[C@H]2O[C@]1(c1ccc(OC)cc1)Oc1ccccc12. The second kappa shape index (κ2) is 8.04. The van der Waals surface area contributed by atoms with E-state index >= 15 is 0 Å². The number of methoxy groups -OCH3 is 1. The van der Waals surface area contributed by atoms with Crippen LogP contribution in [-0.4, -0.2) is 25.7 Å². The number of halogens is 1. The van der Waals surface area contributed by atoms with E-state index in [1.807, 2.05) is 65.6 Å². The van der Waals surface area contributed by atoms with Gasteiger partial charge in [-0.15, -0.1) is 0 Å². The van der Waals surface area contributed by atoms with Gasteiger partial charge in [-0.2, -0.15) is 0 Å². The molecule has 0 saturated carbocycles. The molecular weight excluding hydrogens is 430 g/mol. The van der Waals surface area contributed by atoms with Gasteiger partial charge in [-0.05, 0) is 61.5 Å². The fourth-order valence-corrected chi connectivity index (χ4v) is 4.46. The summed E-state index contributed by atoms with van der Waals surface area (Å²) in [6.07, 6.45) is -0.558. The molecule has 3 aromatic carbocycles. The summed E-state index contributed by atoms with van der Waals surface area (Å²) in [5.41, 5.74) is 2.29. The third-order valence-corrected chi connectivity index (χ3v) is 6.00. The lowest BCUT2D eigenvalue weighted by Gasteiger charge is -2.36. The molecule has 1 saturated heterocycles. The average molecular weight is 452 g/mol. The number of nitrogens with zero attached hydrogens (tertiary/aromatic N) is 1. The lowest BCUT2D eigenvalue weighted by atomic mass is 9.96. The van der Waals surface area contributed by atoms with Crippen LogP contribution in [-0.2, 0) is 20.1 Å². The van der Waals surface area contributed by atoms with E-state index in [2.05, 4.69) is 0 Å². The van der Waals surface area contributed by atoms with E-state index < -0.39 is 24.0 Å². The molecule has 3 aromatic rings. The van der Waals surface area contributed by atoms with Crippen molar-refractivity contribution in [2.75, 3.05) is 18.6 Å². The summed E-state index contributed by atoms with van der Waals surface area (Å²) in [6.45, 7) is 2.02. The zero-order valence-corrected chi connectivity index (χ0v) is 18.4. The molecule has 0 spiro atoms. The van der Waals surface area contributed by atoms with Crippen molar-refractivity contribution in [3.05, 3.63) is 88.9 Å². The summed E-state index contributed by atoms with van der Waals surface area (Å²) in [6, 6.07) is 21.4. The van der Waals surface area contributed by atoms with Crippen LogP contribution in [0, 0.1) is 0 Å². The Morgan fingerprint density at radius 2 is 1.78 bits per heavy atom. The van der Waals surface area contributed by atoms with Crippen molar-refractivity contribution >= 4 is 23.3 Å². The first kappa shape index (κ1) is 20.7. The molecule has 164 valence electrons. The minimum Gasteiger partial charge on any atom is -0.497 e. The van der Waals surface area contributed by atoms with Crippen molar-refractivity contribution < 1.29 is 23.7 Å². The summed E-state index contributed by atoms with van der Waals surface area (Å²) >= 11 is 6.13. The molecule has 0 aromatic heterocycles. The molecule has 0 aliphatic carbocycles. The van der Waals surface area contributed by atoms with Crippen LogP contribution in [0.5, 0.6) is 11.5 Å². The number of carbonyl (C=O) groups excluding carboxylic acids is 1. The first-order valence-electron chi connectivity index (χ1n) is 10.4. The Morgan fingerprint density at radius 3 is 2.47 bits per heavy atom. The number of hydrogen-bond acceptors (Lipinski definition) is 6. The molecule has 0 N–H and O–H groups in total. The molecule has 6 nitrogen and oxygen atoms in total. The van der Waals surface area contributed by atoms with Crippen LogP contribution < -0.4 is 14.4 Å². The number of benzene rings is 3. The zero-order valence-electron chi connectivity index (χ0n) is 17.7. The predicted molar refractivity (Wildman–Crippen MR) is 120 cm³/mol. The summed E-state index contributed by atoms with van der Waals surface area (Å²) < 4.78 is 23.9. The number of ether oxygens (including phenoxy) is 4. The maximum absolute atomic E-state index is 13.4. The summed E-state index contributed by atoms with van der Waals surface area (Å²) in [4.78, 5) is 15.3. The van der Waals surface area contributed by atoms with Gasteiger partial charge >= 0.3 is 5.97 Å². The first-order chi connectivity index (χ1) is 15.6. The molecule has 2 aliphatic heterocycles. The lowest BCUT2D eigenvalue weighted by Crippen LogP contribution is -2.52. The van der Waals surface area contributed by atoms with Gasteiger partial charge in [0.05, 0.1) is 13.7 Å². The van der Waals surface area contributed by atoms with Gasteiger partial charge in [0.2, 0.25) is 6.04 Å². The maximum Gasteiger partial charge on any atom is 0.336 e. The average Bonchev–Trinajstić information content (AvgIpc) is 3.10. The smallest absolute Gasteiger partial charge is 0.336 e. The van der Waals surface area contributed by atoms with Gasteiger partial charge in [0, 0.05) is 21.8 Å². The molecule has 3 atom stereocenters. The van der Waals surface area contributed by atoms with Gasteiger partial charge in [-0.1, -0.05) is 29.8 Å². The second-order valence-corrected chi connectivity index (χ2v) is 7.98. The summed E-state index contributed by atoms with van der Waals surface area (Å²) in [5.74, 6) is -0.492. The minimum atomic E-state index is -1.41. The molecule has 0 radical (unpaired) electrons. The standard InChI is InChI=1S/C25H22ClNO5/c1-3-30-24(28)22-25(16-8-14-19(29-2)15-9-16)31-21-7-5-4-6-20(21)23(32-25)27(22)18-12-10-17(26)11-13-18/h4-15,22-23H,3H2,1-2H3/t22-,23-,25-/m0/s1. The van der Waals surface area contributed by atoms with E-state index in [1.54, 1.807) is 26.2 Å². The van der Waals surface area contributed by atoms with Gasteiger partial charge < -0.3 is 23.8 Å². The summed E-state index contributed by atoms with van der Waals surface area (Å²) in [7, 11) is 1.60. The van der Waals surface area contributed by atoms with Crippen molar-refractivity contribution in [3.8, 4) is 11.5 Å². The second-order valence-electron chi connectivity index (χ2n) is 7.54. The van der Waals surface area contributed by atoms with Gasteiger partial charge in [0.15, 0.2) is 6.23 Å². The van der Waals surface area contributed by atoms with Gasteiger partial charge in [-0.25, -0.2) is 4.79 Å². The van der Waals surface area contributed by atoms with Crippen LogP contribution >= 0.6 is 11.6 Å². The Bertz CT molecular complexity index is 1130. The highest BCUT2D eigenvalue weighted by molar-refractivity contribution is 6.30. The van der Waals surface area contributed by atoms with E-state index in [9.17, 15) is 4.79 Å². The first-order valence-corrected chi connectivity index (χ1v) is 10.8. The molecule has 5 rings (SSSR count). The molecule has 0 unspecified atom stereocenters. The van der Waals surface area contributed by atoms with Crippen molar-refractivity contribution in [2.24, 2.45) is 0 Å². The normalized spacial score (nSPS) is 23.3. The van der Waals surface area contributed by atoms with Crippen LogP contribution in [0.15, 0.2) is 72.8 Å². The quantitative estimate of drug-likeness (QED) is 0.505. The highest BCUT2D eigenvalue weighted by Crippen LogP contribution is 2.55. The fourth-order valence-electron chi connectivity index (χ4n) is 4.34. The van der Waals surface area contributed by atoms with Gasteiger partial charge in [-0.3, -0.25) is 0 Å². The minimum absolute atomic E-state index is 0.236. The van der Waals surface area contributed by atoms with E-state index in [0.29, 0.717) is 22.1 Å². The zero-order chi connectivity index (χ0) is 22.3. The Morgan fingerprint density at radius 1 is 1.06 bits per heavy atom. The molecule has 32 heavy (non-hydrogen) atoms. The molecule has 7 heteroatoms. The van der Waals surface area contributed by atoms with Crippen molar-refractivity contribution in [2.45, 2.75) is 25.0 Å². The van der Waals surface area contributed by atoms with E-state index in [1.165, 1.54) is 0 Å². The Kier molecular flexibility index (Phi) is 5.19. The predicted octanol–water partition coefficient (Wildman–Crippen LogP) is 5.06. The van der Waals surface area contributed by atoms with Crippen molar-refractivity contribution in [1.82, 2.24) is 0 Å². The van der Waals surface area contributed by atoms with Gasteiger partial charge in [0.1, 0.15) is 11.5 Å². The molecule has 2 aliphatic rings. The highest BCUT2D eigenvalue weighted by atomic mass is 35.5. The topological polar surface area (TPSA) is 57.2 Å². The highest BCUT2D eigenvalue weighted by Gasteiger charge is 2.64. The van der Waals surface area contributed by atoms with Crippen molar-refractivity contribution in [3.63, 3.8) is 0 Å². The van der Waals surface area contributed by atoms with Gasteiger partial charge in [0.25, 0.3) is 5.79 Å². The number of esters is 1. The Hall–Kier alpha value is -3.22. The van der Waals surface area contributed by atoms with E-state index in [-0.39, 0.29) is 6.61 Å². The summed E-state index contributed by atoms with van der Waals surface area (Å²) in [5, 5.41) is 0.603. The third-order valence-electron chi connectivity index (χ3n) is 5.75. The molecule has 0 amide bonds. The number of rotatable bonds is 5. The maximum atomic E-state index is 13.4. The lowest BCUT2D eigenvalue weighted by molar-refractivity contribution is -0.209. The number of fused-ring (bicyclic) bond motifs is 4.